The smallest absolute Gasteiger partial charge is 0.293 e. The van der Waals surface area contributed by atoms with Crippen molar-refractivity contribution in [2.24, 2.45) is 0 Å². The Morgan fingerprint density at radius 1 is 0.852 bits per heavy atom. The van der Waals surface area contributed by atoms with Gasteiger partial charge in [-0.3, -0.25) is 24.6 Å². The molecule has 2 N–H and O–H groups in total. The summed E-state index contributed by atoms with van der Waals surface area (Å²) in [5.41, 5.74) is 3.79. The topological polar surface area (TPSA) is 159 Å². The number of ether oxygens (including phenoxy) is 1. The Hall–Kier alpha value is -5.36. The van der Waals surface area contributed by atoms with E-state index in [1.165, 1.54) is 29.6 Å². The Morgan fingerprint density at radius 3 is 2.38 bits per heavy atom. The van der Waals surface area contributed by atoms with Crippen LogP contribution in [0.3, 0.4) is 0 Å². The van der Waals surface area contributed by atoms with Gasteiger partial charge in [0, 0.05) is 80.1 Å². The lowest BCUT2D eigenvalue weighted by molar-refractivity contribution is -0.384. The molecular weight excluding hydrogens is 834 g/mol. The first kappa shape index (κ1) is 42.3. The SMILES string of the molecule is O=[N+]([O-])c1cc(S(=O)(=O)Nc2ncnc3nc(N4CCN(Cc5ccccc5-c5ccc(Cl)cc5)CC4)ccc23)ccc1N[C@H](CCN1CCOCC1)CSc1ccccc1. The number of nitrogens with zero attached hydrogens (tertiary/aromatic N) is 7. The van der Waals surface area contributed by atoms with Crippen molar-refractivity contribution in [2.45, 2.75) is 28.8 Å². The second-order valence-corrected chi connectivity index (χ2v) is 18.2. The summed E-state index contributed by atoms with van der Waals surface area (Å²) >= 11 is 7.80. The summed E-state index contributed by atoms with van der Waals surface area (Å²) in [7, 11) is -4.31. The number of fused-ring (bicyclic) bond motifs is 1. The van der Waals surface area contributed by atoms with Gasteiger partial charge >= 0.3 is 0 Å². The van der Waals surface area contributed by atoms with Crippen LogP contribution in [0, 0.1) is 10.1 Å². The highest BCUT2D eigenvalue weighted by atomic mass is 35.5. The van der Waals surface area contributed by atoms with Gasteiger partial charge < -0.3 is 15.0 Å². The molecule has 2 aromatic heterocycles. The van der Waals surface area contributed by atoms with Crippen LogP contribution in [0.1, 0.15) is 12.0 Å². The number of thioether (sulfide) groups is 1. The van der Waals surface area contributed by atoms with Crippen molar-refractivity contribution in [1.29, 1.82) is 0 Å². The molecular formula is C44H46ClN9O5S2. The Balaban J connectivity index is 0.934. The van der Waals surface area contributed by atoms with Crippen LogP contribution in [0.4, 0.5) is 23.0 Å². The molecule has 14 nitrogen and oxygen atoms in total. The van der Waals surface area contributed by atoms with Crippen LogP contribution in [0.5, 0.6) is 0 Å². The number of anilines is 3. The van der Waals surface area contributed by atoms with E-state index in [0.29, 0.717) is 35.0 Å². The van der Waals surface area contributed by atoms with E-state index in [4.69, 9.17) is 21.3 Å². The van der Waals surface area contributed by atoms with Crippen molar-refractivity contribution in [3.8, 4) is 11.1 Å². The summed E-state index contributed by atoms with van der Waals surface area (Å²) in [5.74, 6) is 1.41. The molecule has 0 radical (unpaired) electrons. The summed E-state index contributed by atoms with van der Waals surface area (Å²) in [5, 5.41) is 16.9. The molecule has 0 bridgehead atoms. The zero-order valence-electron chi connectivity index (χ0n) is 33.4. The summed E-state index contributed by atoms with van der Waals surface area (Å²) in [6.07, 6.45) is 1.99. The molecule has 0 amide bonds. The lowest BCUT2D eigenvalue weighted by atomic mass is 9.99. The van der Waals surface area contributed by atoms with E-state index < -0.39 is 14.9 Å². The second-order valence-electron chi connectivity index (χ2n) is 14.9. The minimum atomic E-state index is -4.31. The number of sulfonamides is 1. The number of halogens is 1. The molecule has 17 heteroatoms. The molecule has 0 unspecified atom stereocenters. The van der Waals surface area contributed by atoms with E-state index in [0.717, 1.165) is 81.1 Å². The van der Waals surface area contributed by atoms with Gasteiger partial charge in [0.05, 0.1) is 28.4 Å². The number of hydrogen-bond donors (Lipinski definition) is 2. The van der Waals surface area contributed by atoms with Crippen LogP contribution in [-0.4, -0.2) is 109 Å². The first-order valence-electron chi connectivity index (χ1n) is 20.2. The van der Waals surface area contributed by atoms with Crippen molar-refractivity contribution in [1.82, 2.24) is 24.8 Å². The lowest BCUT2D eigenvalue weighted by Gasteiger charge is -2.35. The molecule has 2 aliphatic heterocycles. The maximum Gasteiger partial charge on any atom is 0.293 e. The van der Waals surface area contributed by atoms with E-state index in [2.05, 4.69) is 59.0 Å². The monoisotopic (exact) mass is 879 g/mol. The van der Waals surface area contributed by atoms with Crippen LogP contribution in [0.2, 0.25) is 5.02 Å². The quantitative estimate of drug-likeness (QED) is 0.0555. The molecule has 0 saturated carbocycles. The lowest BCUT2D eigenvalue weighted by Crippen LogP contribution is -2.46. The predicted molar refractivity (Wildman–Crippen MR) is 242 cm³/mol. The summed E-state index contributed by atoms with van der Waals surface area (Å²) in [4.78, 5) is 33.0. The highest BCUT2D eigenvalue weighted by Crippen LogP contribution is 2.32. The van der Waals surface area contributed by atoms with Gasteiger partial charge in [-0.1, -0.05) is 66.2 Å². The number of nitro groups is 1. The molecule has 0 spiro atoms. The van der Waals surface area contributed by atoms with E-state index in [9.17, 15) is 18.5 Å². The predicted octanol–water partition coefficient (Wildman–Crippen LogP) is 7.67. The summed E-state index contributed by atoms with van der Waals surface area (Å²) < 4.78 is 35.7. The van der Waals surface area contributed by atoms with Gasteiger partial charge in [0.25, 0.3) is 15.7 Å². The van der Waals surface area contributed by atoms with Crippen LogP contribution >= 0.6 is 23.4 Å². The maximum absolute atomic E-state index is 13.8. The largest absolute Gasteiger partial charge is 0.379 e. The van der Waals surface area contributed by atoms with Crippen molar-refractivity contribution >= 4 is 67.4 Å². The molecule has 4 aromatic carbocycles. The molecule has 316 valence electrons. The van der Waals surface area contributed by atoms with Gasteiger partial charge in [0.1, 0.15) is 17.8 Å². The molecule has 2 fully saturated rings. The number of benzene rings is 4. The van der Waals surface area contributed by atoms with Gasteiger partial charge in [-0.2, -0.15) is 0 Å². The summed E-state index contributed by atoms with van der Waals surface area (Å²) in [6.45, 7) is 7.76. The van der Waals surface area contributed by atoms with Gasteiger partial charge in [-0.05, 0) is 71.6 Å². The third kappa shape index (κ3) is 10.8. The minimum Gasteiger partial charge on any atom is -0.379 e. The first-order chi connectivity index (χ1) is 29.7. The number of pyridine rings is 1. The molecule has 61 heavy (non-hydrogen) atoms. The van der Waals surface area contributed by atoms with E-state index in [1.54, 1.807) is 17.8 Å². The molecule has 2 aliphatic rings. The number of nitro benzene ring substituents is 1. The number of hydrogen-bond acceptors (Lipinski definition) is 13. The Morgan fingerprint density at radius 2 is 1.61 bits per heavy atom. The Labute approximate surface area is 364 Å². The fourth-order valence-electron chi connectivity index (χ4n) is 7.57. The van der Waals surface area contributed by atoms with Crippen molar-refractivity contribution in [3.05, 3.63) is 136 Å². The average Bonchev–Trinajstić information content (AvgIpc) is 3.28. The van der Waals surface area contributed by atoms with Gasteiger partial charge in [-0.15, -0.1) is 11.8 Å². The van der Waals surface area contributed by atoms with Crippen LogP contribution in [0.15, 0.2) is 125 Å². The molecule has 0 aliphatic carbocycles. The maximum atomic E-state index is 13.8. The average molecular weight is 880 g/mol. The number of rotatable bonds is 16. The number of nitrogens with one attached hydrogen (secondary N) is 2. The van der Waals surface area contributed by atoms with Crippen LogP contribution in [-0.2, 0) is 21.3 Å². The van der Waals surface area contributed by atoms with Gasteiger partial charge in [0.2, 0.25) is 0 Å². The normalized spacial score (nSPS) is 15.7. The minimum absolute atomic E-state index is 0.0270. The summed E-state index contributed by atoms with van der Waals surface area (Å²) in [6, 6.07) is 33.7. The molecule has 2 saturated heterocycles. The number of piperazine rings is 1. The fourth-order valence-corrected chi connectivity index (χ4v) is 9.74. The number of aromatic nitrogens is 3. The third-order valence-electron chi connectivity index (χ3n) is 10.9. The van der Waals surface area contributed by atoms with E-state index in [-0.39, 0.29) is 28.1 Å². The molecule has 4 heterocycles. The van der Waals surface area contributed by atoms with Crippen LogP contribution < -0.4 is 14.9 Å². The van der Waals surface area contributed by atoms with Gasteiger partial charge in [-0.25, -0.2) is 23.4 Å². The number of morpholine rings is 1. The van der Waals surface area contributed by atoms with Crippen LogP contribution in [0.25, 0.3) is 22.2 Å². The van der Waals surface area contributed by atoms with Crippen molar-refractivity contribution in [2.75, 3.05) is 79.7 Å². The standard InChI is InChI=1S/C44H46ClN9O5S2/c45-34-12-10-32(11-13-34)38-9-5-4-6-33(38)29-52-20-22-53(23-21-52)42-17-15-39-43(49-42)46-31-47-44(39)50-61(57,58)37-14-16-40(41(28-37)54(55)56)48-35(18-19-51-24-26-59-27-25-51)30-60-36-7-2-1-3-8-36/h1-17,28,31,35,48H,18-27,29-30H2,(H,46,47,49,50)/t35-/m1/s1. The second kappa shape index (κ2) is 19.6. The molecule has 8 rings (SSSR count). The zero-order chi connectivity index (χ0) is 42.2. The zero-order valence-corrected chi connectivity index (χ0v) is 35.8. The van der Waals surface area contributed by atoms with Gasteiger partial charge in [0.15, 0.2) is 11.5 Å². The van der Waals surface area contributed by atoms with Crippen molar-refractivity contribution in [3.63, 3.8) is 0 Å². The first-order valence-corrected chi connectivity index (χ1v) is 23.0. The Bertz CT molecular complexity index is 2560. The highest BCUT2D eigenvalue weighted by molar-refractivity contribution is 7.99. The molecule has 1 atom stereocenters. The highest BCUT2D eigenvalue weighted by Gasteiger charge is 2.26. The third-order valence-corrected chi connectivity index (χ3v) is 13.7. The fraction of sp³-hybridized carbons (Fsp3) is 0.295. The Kier molecular flexibility index (Phi) is 13.6. The molecule has 6 aromatic rings. The van der Waals surface area contributed by atoms with Crippen molar-refractivity contribution < 1.29 is 18.1 Å². The van der Waals surface area contributed by atoms with E-state index >= 15 is 0 Å². The van der Waals surface area contributed by atoms with E-state index in [1.807, 2.05) is 60.7 Å².